The van der Waals surface area contributed by atoms with Gasteiger partial charge < -0.3 is 9.67 Å². The van der Waals surface area contributed by atoms with Crippen LogP contribution in [0.4, 0.5) is 0 Å². The number of benzene rings is 2. The van der Waals surface area contributed by atoms with Gasteiger partial charge in [0.15, 0.2) is 5.82 Å². The van der Waals surface area contributed by atoms with Gasteiger partial charge in [-0.15, -0.1) is 11.6 Å². The van der Waals surface area contributed by atoms with Crippen LogP contribution >= 0.6 is 11.6 Å². The van der Waals surface area contributed by atoms with Crippen molar-refractivity contribution in [2.24, 2.45) is 7.05 Å². The summed E-state index contributed by atoms with van der Waals surface area (Å²) in [7, 11) is 1.81. The summed E-state index contributed by atoms with van der Waals surface area (Å²) < 4.78 is 1.78. The van der Waals surface area contributed by atoms with Crippen molar-refractivity contribution < 1.29 is 5.11 Å². The third kappa shape index (κ3) is 2.67. The first-order valence-electron chi connectivity index (χ1n) is 7.07. The summed E-state index contributed by atoms with van der Waals surface area (Å²) in [5.74, 6) is 0.201. The van der Waals surface area contributed by atoms with Crippen LogP contribution in [-0.4, -0.2) is 14.7 Å². The summed E-state index contributed by atoms with van der Waals surface area (Å²) in [5, 5.41) is 19.2. The van der Waals surface area contributed by atoms with Crippen molar-refractivity contribution >= 4 is 28.2 Å². The molecule has 0 spiro atoms. The number of aliphatic hydroxyl groups excluding tert-OH is 1. The number of allylic oxidation sites excluding steroid dienone is 2. The molecule has 0 saturated heterocycles. The molecule has 0 fully saturated rings. The molecule has 0 bridgehead atoms. The third-order valence-electron chi connectivity index (χ3n) is 3.71. The highest BCUT2D eigenvalue weighted by Crippen LogP contribution is 2.32. The SMILES string of the molecule is Cn1c(/C(C#N)=C(\O)[C@H](Cl)c2ccccc2)nc2ccccc21. The number of nitrogens with zero attached hydrogens (tertiary/aromatic N) is 3. The van der Waals surface area contributed by atoms with Gasteiger partial charge in [-0.3, -0.25) is 0 Å². The maximum Gasteiger partial charge on any atom is 0.155 e. The Bertz CT molecular complexity index is 922. The lowest BCUT2D eigenvalue weighted by molar-refractivity contribution is 0.397. The second-order valence-corrected chi connectivity index (χ2v) is 5.56. The number of aromatic nitrogens is 2. The molecule has 23 heavy (non-hydrogen) atoms. The predicted octanol–water partition coefficient (Wildman–Crippen LogP) is 4.35. The number of nitriles is 1. The van der Waals surface area contributed by atoms with E-state index in [0.29, 0.717) is 5.82 Å². The Morgan fingerprint density at radius 2 is 1.83 bits per heavy atom. The fourth-order valence-electron chi connectivity index (χ4n) is 2.50. The molecule has 1 aromatic heterocycles. The van der Waals surface area contributed by atoms with Gasteiger partial charge in [-0.1, -0.05) is 42.5 Å². The van der Waals surface area contributed by atoms with Crippen LogP contribution in [0, 0.1) is 11.3 Å². The summed E-state index contributed by atoms with van der Waals surface area (Å²) in [5.41, 5.74) is 2.44. The molecule has 0 aliphatic rings. The van der Waals surface area contributed by atoms with Crippen molar-refractivity contribution in [1.29, 1.82) is 5.26 Å². The van der Waals surface area contributed by atoms with E-state index in [9.17, 15) is 10.4 Å². The van der Waals surface area contributed by atoms with E-state index in [0.717, 1.165) is 16.6 Å². The molecule has 5 heteroatoms. The second kappa shape index (κ2) is 6.15. The Kier molecular flexibility index (Phi) is 4.05. The lowest BCUT2D eigenvalue weighted by Gasteiger charge is -2.11. The third-order valence-corrected chi connectivity index (χ3v) is 4.17. The van der Waals surface area contributed by atoms with Crippen LogP contribution < -0.4 is 0 Å². The van der Waals surface area contributed by atoms with Crippen molar-refractivity contribution in [1.82, 2.24) is 9.55 Å². The van der Waals surface area contributed by atoms with Gasteiger partial charge in [0.25, 0.3) is 0 Å². The van der Waals surface area contributed by atoms with E-state index in [-0.39, 0.29) is 11.3 Å². The molecule has 1 atom stereocenters. The first-order chi connectivity index (χ1) is 11.1. The van der Waals surface area contributed by atoms with Crippen LogP contribution in [0.1, 0.15) is 16.8 Å². The molecule has 0 amide bonds. The number of hydrogen-bond donors (Lipinski definition) is 1. The molecule has 3 rings (SSSR count). The summed E-state index contributed by atoms with van der Waals surface area (Å²) in [6.45, 7) is 0. The smallest absolute Gasteiger partial charge is 0.155 e. The number of halogens is 1. The highest BCUT2D eigenvalue weighted by atomic mass is 35.5. The number of rotatable bonds is 3. The zero-order chi connectivity index (χ0) is 16.4. The maximum atomic E-state index is 10.5. The van der Waals surface area contributed by atoms with Crippen LogP contribution in [0.5, 0.6) is 0 Å². The molecule has 0 aliphatic carbocycles. The zero-order valence-corrected chi connectivity index (χ0v) is 13.2. The van der Waals surface area contributed by atoms with Crippen molar-refractivity contribution in [3.8, 4) is 6.07 Å². The first kappa shape index (κ1) is 15.1. The van der Waals surface area contributed by atoms with Gasteiger partial charge in [0, 0.05) is 7.05 Å². The molecular weight excluding hydrogens is 310 g/mol. The molecule has 0 aliphatic heterocycles. The summed E-state index contributed by atoms with van der Waals surface area (Å²) in [4.78, 5) is 4.44. The number of alkyl halides is 1. The van der Waals surface area contributed by atoms with Gasteiger partial charge >= 0.3 is 0 Å². The van der Waals surface area contributed by atoms with Crippen molar-refractivity contribution in [3.63, 3.8) is 0 Å². The monoisotopic (exact) mass is 323 g/mol. The molecule has 114 valence electrons. The van der Waals surface area contributed by atoms with Gasteiger partial charge in [0.2, 0.25) is 0 Å². The largest absolute Gasteiger partial charge is 0.509 e. The average molecular weight is 324 g/mol. The van der Waals surface area contributed by atoms with Crippen LogP contribution in [0.2, 0.25) is 0 Å². The standard InChI is InChI=1S/C18H14ClN3O/c1-22-15-10-6-5-9-14(15)21-18(22)13(11-20)17(23)16(19)12-7-3-2-4-8-12/h2-10,16,23H,1H3/b17-13-/t16-/m1/s1. The Labute approximate surface area is 138 Å². The minimum Gasteiger partial charge on any atom is -0.509 e. The molecule has 4 nitrogen and oxygen atoms in total. The molecule has 0 saturated carbocycles. The number of imidazole rings is 1. The highest BCUT2D eigenvalue weighted by Gasteiger charge is 2.22. The van der Waals surface area contributed by atoms with E-state index in [2.05, 4.69) is 4.98 Å². The molecule has 2 aromatic carbocycles. The van der Waals surface area contributed by atoms with Crippen LogP contribution in [0.25, 0.3) is 16.6 Å². The predicted molar refractivity (Wildman–Crippen MR) is 90.9 cm³/mol. The number of aliphatic hydroxyl groups is 1. The number of fused-ring (bicyclic) bond motifs is 1. The topological polar surface area (TPSA) is 61.8 Å². The number of para-hydroxylation sites is 2. The Balaban J connectivity index is 2.14. The van der Waals surface area contributed by atoms with Crippen molar-refractivity contribution in [3.05, 3.63) is 71.7 Å². The Hall–Kier alpha value is -2.77. The van der Waals surface area contributed by atoms with Crippen LogP contribution in [-0.2, 0) is 7.05 Å². The Morgan fingerprint density at radius 3 is 2.48 bits per heavy atom. The number of hydrogen-bond acceptors (Lipinski definition) is 3. The van der Waals surface area contributed by atoms with Gasteiger partial charge in [-0.05, 0) is 17.7 Å². The van der Waals surface area contributed by atoms with Gasteiger partial charge in [0.1, 0.15) is 22.8 Å². The molecule has 1 N–H and O–H groups in total. The zero-order valence-electron chi connectivity index (χ0n) is 12.4. The van der Waals surface area contributed by atoms with Gasteiger partial charge in [-0.25, -0.2) is 4.98 Å². The van der Waals surface area contributed by atoms with Crippen molar-refractivity contribution in [2.45, 2.75) is 5.38 Å². The fourth-order valence-corrected chi connectivity index (χ4v) is 2.75. The van der Waals surface area contributed by atoms with Gasteiger partial charge in [0.05, 0.1) is 11.0 Å². The lowest BCUT2D eigenvalue weighted by Crippen LogP contribution is -2.03. The Morgan fingerprint density at radius 1 is 1.17 bits per heavy atom. The minimum absolute atomic E-state index is 0.0764. The van der Waals surface area contributed by atoms with Crippen LogP contribution in [0.3, 0.4) is 0 Å². The van der Waals surface area contributed by atoms with E-state index >= 15 is 0 Å². The minimum atomic E-state index is -0.800. The van der Waals surface area contributed by atoms with Crippen LogP contribution in [0.15, 0.2) is 60.4 Å². The van der Waals surface area contributed by atoms with E-state index in [1.54, 1.807) is 23.7 Å². The average Bonchev–Trinajstić information content (AvgIpc) is 2.93. The highest BCUT2D eigenvalue weighted by molar-refractivity contribution is 6.23. The van der Waals surface area contributed by atoms with E-state index in [4.69, 9.17) is 11.6 Å². The molecule has 1 heterocycles. The summed E-state index contributed by atoms with van der Waals surface area (Å²) >= 11 is 6.34. The fraction of sp³-hybridized carbons (Fsp3) is 0.111. The van der Waals surface area contributed by atoms with Gasteiger partial charge in [-0.2, -0.15) is 5.26 Å². The first-order valence-corrected chi connectivity index (χ1v) is 7.51. The lowest BCUT2D eigenvalue weighted by atomic mass is 10.1. The molecule has 3 aromatic rings. The van der Waals surface area contributed by atoms with E-state index in [1.807, 2.05) is 48.5 Å². The summed E-state index contributed by atoms with van der Waals surface area (Å²) in [6, 6.07) is 18.7. The number of aryl methyl sites for hydroxylation is 1. The second-order valence-electron chi connectivity index (χ2n) is 5.13. The summed E-state index contributed by atoms with van der Waals surface area (Å²) in [6.07, 6.45) is 0. The van der Waals surface area contributed by atoms with Crippen molar-refractivity contribution in [2.75, 3.05) is 0 Å². The van der Waals surface area contributed by atoms with E-state index < -0.39 is 5.38 Å². The molecular formula is C18H14ClN3O. The molecule has 0 unspecified atom stereocenters. The van der Waals surface area contributed by atoms with E-state index in [1.165, 1.54) is 0 Å². The normalized spacial score (nSPS) is 13.4. The maximum absolute atomic E-state index is 10.5. The molecule has 0 radical (unpaired) electrons. The quantitative estimate of drug-likeness (QED) is 0.443.